The van der Waals surface area contributed by atoms with Crippen LogP contribution in [0.3, 0.4) is 0 Å². The molecular weight excluding hydrogens is 767 g/mol. The van der Waals surface area contributed by atoms with E-state index in [0.29, 0.717) is 17.6 Å². The fourth-order valence-corrected chi connectivity index (χ4v) is 10.6. The third-order valence-electron chi connectivity index (χ3n) is 13.3. The van der Waals surface area contributed by atoms with Crippen molar-refractivity contribution in [3.63, 3.8) is 0 Å². The predicted molar refractivity (Wildman–Crippen MR) is 261 cm³/mol. The molecular formula is C58H35N5. The molecule has 0 saturated carbocycles. The van der Waals surface area contributed by atoms with Gasteiger partial charge in [-0.2, -0.15) is 9.97 Å². The monoisotopic (exact) mass is 801 g/mol. The summed E-state index contributed by atoms with van der Waals surface area (Å²) in [5.41, 5.74) is 12.7. The lowest BCUT2D eigenvalue weighted by Gasteiger charge is -2.11. The van der Waals surface area contributed by atoms with Crippen molar-refractivity contribution in [2.75, 3.05) is 0 Å². The Balaban J connectivity index is 1.02. The average Bonchev–Trinajstić information content (AvgIpc) is 4.02. The molecule has 14 rings (SSSR count). The van der Waals surface area contributed by atoms with Crippen LogP contribution in [-0.2, 0) is 6.42 Å². The van der Waals surface area contributed by atoms with Crippen molar-refractivity contribution in [1.82, 2.24) is 23.9 Å². The van der Waals surface area contributed by atoms with Gasteiger partial charge in [-0.3, -0.25) is 4.57 Å². The van der Waals surface area contributed by atoms with Crippen LogP contribution in [-0.4, -0.2) is 23.9 Å². The second-order valence-corrected chi connectivity index (χ2v) is 16.7. The maximum absolute atomic E-state index is 5.15. The summed E-state index contributed by atoms with van der Waals surface area (Å²) in [7, 11) is 0. The maximum atomic E-state index is 5.15. The molecule has 0 atom stereocenters. The number of nitrogens with zero attached hydrogens (tertiary/aromatic N) is 5. The Hall–Kier alpha value is -8.41. The van der Waals surface area contributed by atoms with E-state index < -0.39 is 0 Å². The Labute approximate surface area is 361 Å². The van der Waals surface area contributed by atoms with Crippen molar-refractivity contribution in [3.05, 3.63) is 211 Å². The Morgan fingerprint density at radius 1 is 0.317 bits per heavy atom. The lowest BCUT2D eigenvalue weighted by Crippen LogP contribution is -2.06. The molecule has 0 fully saturated rings. The molecule has 292 valence electrons. The van der Waals surface area contributed by atoms with Gasteiger partial charge < -0.3 is 4.40 Å². The molecule has 0 N–H and O–H groups in total. The highest BCUT2D eigenvalue weighted by atomic mass is 15.2. The molecule has 4 aromatic heterocycles. The van der Waals surface area contributed by atoms with Crippen molar-refractivity contribution in [3.8, 4) is 39.9 Å². The SMILES string of the molecule is c1ccc(-c2nc(-c3ccccc3)nc(-n3c4ccccc4c4cc(-c5ccc6c(c5)c5cccc7c8cccc9c8c8c(cccc8c8ccccc8n6c75)C9)ccc43)n2)cc1. The van der Waals surface area contributed by atoms with Gasteiger partial charge in [0.25, 0.3) is 0 Å². The van der Waals surface area contributed by atoms with Crippen LogP contribution in [0.15, 0.2) is 200 Å². The minimum absolute atomic E-state index is 0.586. The first-order valence-electron chi connectivity index (χ1n) is 21.6. The van der Waals surface area contributed by atoms with E-state index in [1.165, 1.54) is 76.3 Å². The minimum atomic E-state index is 0.586. The number of fused-ring (bicyclic) bond motifs is 10. The van der Waals surface area contributed by atoms with Crippen molar-refractivity contribution in [2.24, 2.45) is 0 Å². The largest absolute Gasteiger partial charge is 0.308 e. The van der Waals surface area contributed by atoms with E-state index in [-0.39, 0.29) is 0 Å². The fraction of sp³-hybridized carbons (Fsp3) is 0.0172. The molecule has 0 radical (unpaired) electrons. The van der Waals surface area contributed by atoms with Gasteiger partial charge in [0.05, 0.1) is 27.6 Å². The highest BCUT2D eigenvalue weighted by molar-refractivity contribution is 6.27. The van der Waals surface area contributed by atoms with Gasteiger partial charge >= 0.3 is 0 Å². The molecule has 13 aromatic rings. The van der Waals surface area contributed by atoms with Gasteiger partial charge in [0.2, 0.25) is 5.95 Å². The van der Waals surface area contributed by atoms with E-state index >= 15 is 0 Å². The number of hydrogen-bond donors (Lipinski definition) is 0. The van der Waals surface area contributed by atoms with E-state index in [0.717, 1.165) is 44.9 Å². The number of aromatic nitrogens is 5. The Kier molecular flexibility index (Phi) is 7.11. The molecule has 1 aliphatic rings. The average molecular weight is 802 g/mol. The molecule has 1 aliphatic carbocycles. The lowest BCUT2D eigenvalue weighted by molar-refractivity contribution is 0.953. The topological polar surface area (TPSA) is 48.0 Å². The molecule has 0 spiro atoms. The second kappa shape index (κ2) is 13.0. The molecule has 4 heterocycles. The highest BCUT2D eigenvalue weighted by Crippen LogP contribution is 2.44. The molecule has 5 nitrogen and oxygen atoms in total. The third-order valence-corrected chi connectivity index (χ3v) is 13.3. The van der Waals surface area contributed by atoms with Crippen LogP contribution in [0.5, 0.6) is 0 Å². The van der Waals surface area contributed by atoms with Gasteiger partial charge in [-0.05, 0) is 86.6 Å². The van der Waals surface area contributed by atoms with Crippen molar-refractivity contribution >= 4 is 81.4 Å². The van der Waals surface area contributed by atoms with Crippen molar-refractivity contribution in [1.29, 1.82) is 0 Å². The maximum Gasteiger partial charge on any atom is 0.238 e. The van der Waals surface area contributed by atoms with Crippen molar-refractivity contribution < 1.29 is 0 Å². The van der Waals surface area contributed by atoms with Crippen LogP contribution in [0.25, 0.3) is 121 Å². The summed E-state index contributed by atoms with van der Waals surface area (Å²) < 4.78 is 4.72. The quantitative estimate of drug-likeness (QED) is 0.178. The van der Waals surface area contributed by atoms with Gasteiger partial charge in [-0.15, -0.1) is 0 Å². The van der Waals surface area contributed by atoms with Gasteiger partial charge in [-0.25, -0.2) is 4.98 Å². The second-order valence-electron chi connectivity index (χ2n) is 16.7. The first-order chi connectivity index (χ1) is 31.2. The first-order valence-corrected chi connectivity index (χ1v) is 21.6. The molecule has 0 amide bonds. The zero-order valence-corrected chi connectivity index (χ0v) is 34.0. The summed E-state index contributed by atoms with van der Waals surface area (Å²) in [5, 5.41) is 12.6. The summed E-state index contributed by atoms with van der Waals surface area (Å²) in [5.74, 6) is 1.86. The van der Waals surface area contributed by atoms with Crippen LogP contribution in [0.4, 0.5) is 0 Å². The van der Waals surface area contributed by atoms with Crippen LogP contribution in [0.2, 0.25) is 0 Å². The summed E-state index contributed by atoms with van der Waals surface area (Å²) >= 11 is 0. The van der Waals surface area contributed by atoms with Crippen LogP contribution in [0, 0.1) is 0 Å². The molecule has 0 saturated heterocycles. The summed E-state index contributed by atoms with van der Waals surface area (Å²) in [6.07, 6.45) is 0.957. The Morgan fingerprint density at radius 2 is 0.762 bits per heavy atom. The van der Waals surface area contributed by atoms with Gasteiger partial charge in [0.1, 0.15) is 0 Å². The first kappa shape index (κ1) is 34.3. The standard InChI is InChI=1S/C58H35N5/c1-3-14-35(15-4-1)56-59-57(36-16-5-2-6-17-36)61-58(60-56)63-50-27-10-8-21-42(50)47-33-37(29-31-52(47)63)38-28-30-51-48(34-38)46-25-13-24-45-44-23-12-19-40-32-39-18-11-22-43(53(39)54(40)44)41-20-7-9-26-49(41)62(51)55(45)46/h1-31,33-34H,32H2. The smallest absolute Gasteiger partial charge is 0.238 e. The summed E-state index contributed by atoms with van der Waals surface area (Å²) in [6, 6.07) is 72.3. The molecule has 9 aromatic carbocycles. The zero-order valence-electron chi connectivity index (χ0n) is 34.0. The van der Waals surface area contributed by atoms with Gasteiger partial charge in [-0.1, -0.05) is 164 Å². The van der Waals surface area contributed by atoms with E-state index in [1.807, 2.05) is 36.4 Å². The molecule has 0 bridgehead atoms. The van der Waals surface area contributed by atoms with Gasteiger partial charge in [0, 0.05) is 43.4 Å². The van der Waals surface area contributed by atoms with Crippen LogP contribution >= 0.6 is 0 Å². The summed E-state index contributed by atoms with van der Waals surface area (Å²) in [6.45, 7) is 0. The molecule has 63 heavy (non-hydrogen) atoms. The zero-order chi connectivity index (χ0) is 41.2. The number of benzene rings is 9. The highest BCUT2D eigenvalue weighted by Gasteiger charge is 2.22. The lowest BCUT2D eigenvalue weighted by atomic mass is 9.99. The number of rotatable bonds is 4. The van der Waals surface area contributed by atoms with E-state index in [9.17, 15) is 0 Å². The van der Waals surface area contributed by atoms with E-state index in [2.05, 4.69) is 173 Å². The van der Waals surface area contributed by atoms with Crippen LogP contribution in [0.1, 0.15) is 11.1 Å². The predicted octanol–water partition coefficient (Wildman–Crippen LogP) is 14.5. The summed E-state index contributed by atoms with van der Waals surface area (Å²) in [4.78, 5) is 15.3. The number of para-hydroxylation sites is 3. The van der Waals surface area contributed by atoms with E-state index in [1.54, 1.807) is 0 Å². The third kappa shape index (κ3) is 4.96. The van der Waals surface area contributed by atoms with Crippen LogP contribution < -0.4 is 0 Å². The Morgan fingerprint density at radius 3 is 1.41 bits per heavy atom. The molecule has 0 unspecified atom stereocenters. The Bertz CT molecular complexity index is 4050. The fourth-order valence-electron chi connectivity index (χ4n) is 10.6. The number of hydrogen-bond acceptors (Lipinski definition) is 3. The van der Waals surface area contributed by atoms with Crippen molar-refractivity contribution in [2.45, 2.75) is 6.42 Å². The van der Waals surface area contributed by atoms with Gasteiger partial charge in [0.15, 0.2) is 11.6 Å². The molecule has 0 aliphatic heterocycles. The molecule has 5 heteroatoms. The minimum Gasteiger partial charge on any atom is -0.308 e. The normalized spacial score (nSPS) is 12.4. The van der Waals surface area contributed by atoms with E-state index in [4.69, 9.17) is 15.0 Å².